The highest BCUT2D eigenvalue weighted by Gasteiger charge is 2.38. The van der Waals surface area contributed by atoms with E-state index in [0.29, 0.717) is 0 Å². The highest BCUT2D eigenvalue weighted by atomic mass is 35.7. The fourth-order valence-corrected chi connectivity index (χ4v) is 3.50. The van der Waals surface area contributed by atoms with Crippen LogP contribution in [0.1, 0.15) is 32.3 Å². The van der Waals surface area contributed by atoms with Crippen LogP contribution >= 0.6 is 10.7 Å². The van der Waals surface area contributed by atoms with Gasteiger partial charge in [-0.05, 0) is 11.0 Å². The molecule has 0 saturated heterocycles. The van der Waals surface area contributed by atoms with Gasteiger partial charge in [-0.25, -0.2) is 13.2 Å². The summed E-state index contributed by atoms with van der Waals surface area (Å²) >= 11 is 0. The number of carbonyl (C=O) groups excluding carboxylic acids is 1. The lowest BCUT2D eigenvalue weighted by Crippen LogP contribution is -2.39. The average Bonchev–Trinajstić information content (AvgIpc) is 2.25. The van der Waals surface area contributed by atoms with Crippen molar-refractivity contribution in [3.63, 3.8) is 0 Å². The van der Waals surface area contributed by atoms with Gasteiger partial charge in [0.05, 0.1) is 0 Å². The minimum Gasteiger partial charge on any atom is -0.445 e. The Hall–Kier alpha value is -1.27. The van der Waals surface area contributed by atoms with Crippen molar-refractivity contribution in [3.05, 3.63) is 35.9 Å². The van der Waals surface area contributed by atoms with Gasteiger partial charge in [-0.3, -0.25) is 0 Å². The molecule has 0 aliphatic rings. The molecule has 2 N–H and O–H groups in total. The van der Waals surface area contributed by atoms with Crippen LogP contribution in [-0.2, 0) is 13.8 Å². The Morgan fingerprint density at radius 2 is 1.81 bits per heavy atom. The van der Waals surface area contributed by atoms with Crippen LogP contribution in [0.2, 0.25) is 0 Å². The zero-order valence-corrected chi connectivity index (χ0v) is 13.8. The number of hydrogen-bond acceptors (Lipinski definition) is 4. The SMILES string of the molecule is CC(C)(C)C(c1ccccc1)C(CS(=O)(=O)Cl)OC(N)=O. The Labute approximate surface area is 129 Å². The third-order valence-corrected chi connectivity index (χ3v) is 4.20. The van der Waals surface area contributed by atoms with Crippen LogP contribution in [0.25, 0.3) is 0 Å². The van der Waals surface area contributed by atoms with Crippen molar-refractivity contribution in [1.82, 2.24) is 0 Å². The molecule has 0 fully saturated rings. The van der Waals surface area contributed by atoms with Crippen molar-refractivity contribution in [2.75, 3.05) is 5.75 Å². The fourth-order valence-electron chi connectivity index (χ4n) is 2.48. The summed E-state index contributed by atoms with van der Waals surface area (Å²) in [6.07, 6.45) is -1.97. The Morgan fingerprint density at radius 1 is 1.29 bits per heavy atom. The van der Waals surface area contributed by atoms with E-state index in [4.69, 9.17) is 21.2 Å². The molecule has 21 heavy (non-hydrogen) atoms. The largest absolute Gasteiger partial charge is 0.445 e. The van der Waals surface area contributed by atoms with Crippen LogP contribution in [-0.4, -0.2) is 26.4 Å². The molecule has 0 bridgehead atoms. The van der Waals surface area contributed by atoms with Gasteiger partial charge < -0.3 is 10.5 Å². The molecule has 118 valence electrons. The number of rotatable bonds is 5. The molecule has 0 aliphatic carbocycles. The molecule has 7 heteroatoms. The second kappa shape index (κ2) is 6.66. The van der Waals surface area contributed by atoms with Crippen molar-refractivity contribution in [1.29, 1.82) is 0 Å². The van der Waals surface area contributed by atoms with Crippen molar-refractivity contribution >= 4 is 25.8 Å². The third-order valence-electron chi connectivity index (χ3n) is 3.09. The molecule has 5 nitrogen and oxygen atoms in total. The highest BCUT2D eigenvalue weighted by molar-refractivity contribution is 8.13. The molecule has 1 aromatic rings. The number of ether oxygens (including phenoxy) is 1. The summed E-state index contributed by atoms with van der Waals surface area (Å²) in [6.45, 7) is 5.80. The number of primary amides is 1. The zero-order valence-electron chi connectivity index (χ0n) is 12.2. The van der Waals surface area contributed by atoms with Gasteiger partial charge in [0.2, 0.25) is 9.05 Å². The van der Waals surface area contributed by atoms with E-state index < -0.39 is 27.0 Å². The topological polar surface area (TPSA) is 86.5 Å². The summed E-state index contributed by atoms with van der Waals surface area (Å²) in [6, 6.07) is 9.24. The molecule has 0 saturated carbocycles. The van der Waals surface area contributed by atoms with Crippen LogP contribution in [0.15, 0.2) is 30.3 Å². The predicted octanol–water partition coefficient (Wildman–Crippen LogP) is 2.85. The standard InChI is InChI=1S/C14H20ClNO4S/c1-14(2,3)12(10-7-5-4-6-8-10)11(20-13(16)17)9-21(15,18)19/h4-8,11-12H,9H2,1-3H3,(H2,16,17). The number of hydrogen-bond donors (Lipinski definition) is 1. The lowest BCUT2D eigenvalue weighted by atomic mass is 9.73. The van der Waals surface area contributed by atoms with E-state index in [1.165, 1.54) is 0 Å². The van der Waals surface area contributed by atoms with E-state index in [-0.39, 0.29) is 11.3 Å². The van der Waals surface area contributed by atoms with Crippen molar-refractivity contribution in [3.8, 4) is 0 Å². The summed E-state index contributed by atoms with van der Waals surface area (Å²) in [5, 5.41) is 0. The van der Waals surface area contributed by atoms with Gasteiger partial charge in [-0.15, -0.1) is 0 Å². The number of benzene rings is 1. The Kier molecular flexibility index (Phi) is 5.64. The summed E-state index contributed by atoms with van der Waals surface area (Å²) in [5.74, 6) is -0.853. The molecular weight excluding hydrogens is 314 g/mol. The van der Waals surface area contributed by atoms with Crippen LogP contribution in [0.5, 0.6) is 0 Å². The maximum atomic E-state index is 11.4. The predicted molar refractivity (Wildman–Crippen MR) is 82.7 cm³/mol. The smallest absolute Gasteiger partial charge is 0.404 e. The normalized spacial score (nSPS) is 15.2. The van der Waals surface area contributed by atoms with Crippen LogP contribution in [0.3, 0.4) is 0 Å². The van der Waals surface area contributed by atoms with E-state index in [9.17, 15) is 13.2 Å². The van der Waals surface area contributed by atoms with Crippen LogP contribution in [0, 0.1) is 5.41 Å². The molecule has 0 radical (unpaired) electrons. The maximum Gasteiger partial charge on any atom is 0.404 e. The fraction of sp³-hybridized carbons (Fsp3) is 0.500. The van der Waals surface area contributed by atoms with Gasteiger partial charge in [0.15, 0.2) is 0 Å². The summed E-state index contributed by atoms with van der Waals surface area (Å²) in [5.41, 5.74) is 5.57. The summed E-state index contributed by atoms with van der Waals surface area (Å²) < 4.78 is 27.9. The van der Waals surface area contributed by atoms with Gasteiger partial charge in [-0.1, -0.05) is 51.1 Å². The summed E-state index contributed by atoms with van der Waals surface area (Å²) in [4.78, 5) is 11.1. The Balaban J connectivity index is 3.27. The lowest BCUT2D eigenvalue weighted by Gasteiger charge is -2.36. The molecule has 0 aromatic heterocycles. The lowest BCUT2D eigenvalue weighted by molar-refractivity contribution is 0.0719. The molecular formula is C14H20ClNO4S. The van der Waals surface area contributed by atoms with E-state index in [0.717, 1.165) is 5.56 Å². The number of carbonyl (C=O) groups is 1. The van der Waals surface area contributed by atoms with E-state index >= 15 is 0 Å². The molecule has 1 aromatic carbocycles. The molecule has 0 aliphatic heterocycles. The first kappa shape index (κ1) is 17.8. The molecule has 2 atom stereocenters. The molecule has 0 spiro atoms. The first-order chi connectivity index (χ1) is 9.50. The van der Waals surface area contributed by atoms with Gasteiger partial charge in [0.25, 0.3) is 0 Å². The van der Waals surface area contributed by atoms with Crippen molar-refractivity contribution in [2.45, 2.75) is 32.8 Å². The minimum absolute atomic E-state index is 0.358. The first-order valence-corrected chi connectivity index (χ1v) is 8.92. The Bertz CT molecular complexity index is 581. The van der Waals surface area contributed by atoms with E-state index in [1.54, 1.807) is 0 Å². The minimum atomic E-state index is -3.84. The number of amides is 1. The monoisotopic (exact) mass is 333 g/mol. The maximum absolute atomic E-state index is 11.4. The zero-order chi connectivity index (χ0) is 16.3. The van der Waals surface area contributed by atoms with Crippen molar-refractivity contribution in [2.24, 2.45) is 11.1 Å². The van der Waals surface area contributed by atoms with Crippen molar-refractivity contribution < 1.29 is 17.9 Å². The molecule has 0 heterocycles. The first-order valence-electron chi connectivity index (χ1n) is 6.44. The third kappa shape index (κ3) is 5.93. The Morgan fingerprint density at radius 3 is 2.19 bits per heavy atom. The average molecular weight is 334 g/mol. The number of halogens is 1. The van der Waals surface area contributed by atoms with E-state index in [1.807, 2.05) is 51.1 Å². The highest BCUT2D eigenvalue weighted by Crippen LogP contribution is 2.39. The van der Waals surface area contributed by atoms with E-state index in [2.05, 4.69) is 0 Å². The second-order valence-corrected chi connectivity index (χ2v) is 8.76. The second-order valence-electron chi connectivity index (χ2n) is 5.94. The quantitative estimate of drug-likeness (QED) is 0.839. The molecule has 1 rings (SSSR count). The van der Waals surface area contributed by atoms with Gasteiger partial charge in [-0.2, -0.15) is 0 Å². The molecule has 1 amide bonds. The van der Waals surface area contributed by atoms with Crippen LogP contribution in [0.4, 0.5) is 4.79 Å². The molecule has 2 unspecified atom stereocenters. The summed E-state index contributed by atoms with van der Waals surface area (Å²) in [7, 11) is 1.49. The van der Waals surface area contributed by atoms with Gasteiger partial charge in [0, 0.05) is 16.6 Å². The van der Waals surface area contributed by atoms with Gasteiger partial charge in [0.1, 0.15) is 11.9 Å². The number of nitrogens with two attached hydrogens (primary N) is 1. The van der Waals surface area contributed by atoms with Gasteiger partial charge >= 0.3 is 6.09 Å². The van der Waals surface area contributed by atoms with Crippen LogP contribution < -0.4 is 5.73 Å².